The van der Waals surface area contributed by atoms with Crippen molar-refractivity contribution in [1.82, 2.24) is 10.2 Å². The molecule has 1 aromatic rings. The lowest BCUT2D eigenvalue weighted by molar-refractivity contribution is 0.296. The van der Waals surface area contributed by atoms with Gasteiger partial charge in [-0.15, -0.1) is 24.0 Å². The highest BCUT2D eigenvalue weighted by molar-refractivity contribution is 14.0. The number of ether oxygens (including phenoxy) is 1. The zero-order valence-electron chi connectivity index (χ0n) is 13.3. The average molecular weight is 403 g/mol. The molecule has 21 heavy (non-hydrogen) atoms. The van der Waals surface area contributed by atoms with E-state index < -0.39 is 0 Å². The normalized spacial score (nSPS) is 14.4. The summed E-state index contributed by atoms with van der Waals surface area (Å²) < 4.78 is 5.97. The third-order valence-electron chi connectivity index (χ3n) is 3.47. The van der Waals surface area contributed by atoms with Crippen LogP contribution in [-0.2, 0) is 6.54 Å². The first kappa shape index (κ1) is 18.1. The van der Waals surface area contributed by atoms with Crippen LogP contribution in [0.2, 0.25) is 0 Å². The summed E-state index contributed by atoms with van der Waals surface area (Å²) in [4.78, 5) is 6.20. The van der Waals surface area contributed by atoms with Gasteiger partial charge in [-0.3, -0.25) is 4.99 Å². The Morgan fingerprint density at radius 1 is 1.38 bits per heavy atom. The molecule has 0 heterocycles. The lowest BCUT2D eigenvalue weighted by Gasteiger charge is -2.18. The van der Waals surface area contributed by atoms with E-state index in [-0.39, 0.29) is 24.0 Å². The van der Waals surface area contributed by atoms with Gasteiger partial charge in [0.15, 0.2) is 5.96 Å². The zero-order chi connectivity index (χ0) is 14.5. The van der Waals surface area contributed by atoms with Crippen LogP contribution < -0.4 is 10.1 Å². The highest BCUT2D eigenvalue weighted by atomic mass is 127. The van der Waals surface area contributed by atoms with Crippen LogP contribution in [0, 0.1) is 12.8 Å². The Bertz CT molecular complexity index is 484. The molecule has 4 nitrogen and oxygen atoms in total. The summed E-state index contributed by atoms with van der Waals surface area (Å²) in [5.41, 5.74) is 2.41. The number of nitrogens with zero attached hydrogens (tertiary/aromatic N) is 2. The molecule has 0 bridgehead atoms. The second kappa shape index (κ2) is 8.46. The lowest BCUT2D eigenvalue weighted by atomic mass is 10.1. The van der Waals surface area contributed by atoms with Crippen molar-refractivity contribution in [3.8, 4) is 5.75 Å². The molecule has 0 unspecified atom stereocenters. The van der Waals surface area contributed by atoms with E-state index >= 15 is 0 Å². The Kier molecular flexibility index (Phi) is 7.28. The van der Waals surface area contributed by atoms with Crippen LogP contribution in [0.25, 0.3) is 0 Å². The highest BCUT2D eigenvalue weighted by Gasteiger charge is 2.22. The number of rotatable bonds is 5. The van der Waals surface area contributed by atoms with Gasteiger partial charge in [0.05, 0.1) is 6.61 Å². The number of aliphatic imine (C=N–C) groups is 1. The Labute approximate surface area is 145 Å². The predicted octanol–water partition coefficient (Wildman–Crippen LogP) is 3.04. The number of halogens is 1. The van der Waals surface area contributed by atoms with E-state index in [0.717, 1.165) is 30.8 Å². The Hall–Kier alpha value is -0.980. The molecule has 0 atom stereocenters. The minimum Gasteiger partial charge on any atom is -0.493 e. The van der Waals surface area contributed by atoms with Crippen molar-refractivity contribution in [3.05, 3.63) is 29.3 Å². The fourth-order valence-corrected chi connectivity index (χ4v) is 2.05. The molecule has 5 heteroatoms. The number of benzene rings is 1. The number of hydrogen-bond acceptors (Lipinski definition) is 2. The SMILES string of the molecule is CN=C(NCc1ccc(C)cc1OCC1CC1)N(C)C.I. The van der Waals surface area contributed by atoms with E-state index in [1.807, 2.05) is 19.0 Å². The molecule has 0 amide bonds. The molecule has 1 aliphatic carbocycles. The summed E-state index contributed by atoms with van der Waals surface area (Å²) in [6, 6.07) is 6.38. The van der Waals surface area contributed by atoms with Gasteiger partial charge in [0.2, 0.25) is 0 Å². The smallest absolute Gasteiger partial charge is 0.193 e. The standard InChI is InChI=1S/C16H25N3O.HI/c1-12-5-8-14(10-18-16(17-2)19(3)4)15(9-12)20-11-13-6-7-13;/h5,8-9,13H,6-7,10-11H2,1-4H3,(H,17,18);1H. The summed E-state index contributed by atoms with van der Waals surface area (Å²) in [6.45, 7) is 3.67. The van der Waals surface area contributed by atoms with Gasteiger partial charge in [0.25, 0.3) is 0 Å². The first-order valence-corrected chi connectivity index (χ1v) is 7.20. The summed E-state index contributed by atoms with van der Waals surface area (Å²) in [5, 5.41) is 3.34. The first-order valence-electron chi connectivity index (χ1n) is 7.20. The molecular weight excluding hydrogens is 377 g/mol. The van der Waals surface area contributed by atoms with E-state index in [9.17, 15) is 0 Å². The first-order chi connectivity index (χ1) is 9.60. The van der Waals surface area contributed by atoms with Crippen LogP contribution in [0.15, 0.2) is 23.2 Å². The second-order valence-corrected chi connectivity index (χ2v) is 5.66. The maximum atomic E-state index is 5.97. The molecule has 0 radical (unpaired) electrons. The molecule has 0 saturated heterocycles. The molecule has 1 aromatic carbocycles. The van der Waals surface area contributed by atoms with Gasteiger partial charge in [0.1, 0.15) is 5.75 Å². The summed E-state index contributed by atoms with van der Waals surface area (Å²) in [7, 11) is 5.76. The van der Waals surface area contributed by atoms with Gasteiger partial charge in [-0.05, 0) is 37.3 Å². The van der Waals surface area contributed by atoms with Crippen LogP contribution >= 0.6 is 24.0 Å². The van der Waals surface area contributed by atoms with E-state index in [4.69, 9.17) is 4.74 Å². The number of guanidine groups is 1. The molecule has 0 spiro atoms. The fraction of sp³-hybridized carbons (Fsp3) is 0.562. The van der Waals surface area contributed by atoms with Crippen molar-refractivity contribution < 1.29 is 4.74 Å². The van der Waals surface area contributed by atoms with Gasteiger partial charge in [-0.1, -0.05) is 12.1 Å². The molecule has 118 valence electrons. The Morgan fingerprint density at radius 2 is 2.10 bits per heavy atom. The maximum Gasteiger partial charge on any atom is 0.193 e. The summed E-state index contributed by atoms with van der Waals surface area (Å²) in [6.07, 6.45) is 2.62. The largest absolute Gasteiger partial charge is 0.493 e. The third-order valence-corrected chi connectivity index (χ3v) is 3.47. The van der Waals surface area contributed by atoms with Crippen molar-refractivity contribution in [2.24, 2.45) is 10.9 Å². The van der Waals surface area contributed by atoms with Crippen LogP contribution in [-0.4, -0.2) is 38.6 Å². The van der Waals surface area contributed by atoms with E-state index in [1.54, 1.807) is 7.05 Å². The van der Waals surface area contributed by atoms with Crippen LogP contribution in [0.5, 0.6) is 5.75 Å². The fourth-order valence-electron chi connectivity index (χ4n) is 2.05. The number of nitrogens with one attached hydrogen (secondary N) is 1. The predicted molar refractivity (Wildman–Crippen MR) is 98.7 cm³/mol. The summed E-state index contributed by atoms with van der Waals surface area (Å²) in [5.74, 6) is 2.64. The average Bonchev–Trinajstić information content (AvgIpc) is 3.22. The summed E-state index contributed by atoms with van der Waals surface area (Å²) >= 11 is 0. The quantitative estimate of drug-likeness (QED) is 0.467. The second-order valence-electron chi connectivity index (χ2n) is 5.66. The molecule has 0 aliphatic heterocycles. The van der Waals surface area contributed by atoms with Crippen molar-refractivity contribution in [3.63, 3.8) is 0 Å². The van der Waals surface area contributed by atoms with Crippen LogP contribution in [0.3, 0.4) is 0 Å². The van der Waals surface area contributed by atoms with Gasteiger partial charge >= 0.3 is 0 Å². The molecule has 1 saturated carbocycles. The van der Waals surface area contributed by atoms with Crippen molar-refractivity contribution in [2.45, 2.75) is 26.3 Å². The topological polar surface area (TPSA) is 36.9 Å². The van der Waals surface area contributed by atoms with Gasteiger partial charge in [-0.25, -0.2) is 0 Å². The minimum absolute atomic E-state index is 0. The molecule has 1 aliphatic rings. The van der Waals surface area contributed by atoms with Crippen LogP contribution in [0.1, 0.15) is 24.0 Å². The van der Waals surface area contributed by atoms with Gasteiger partial charge in [-0.2, -0.15) is 0 Å². The zero-order valence-corrected chi connectivity index (χ0v) is 15.7. The monoisotopic (exact) mass is 403 g/mol. The minimum atomic E-state index is 0. The van der Waals surface area contributed by atoms with E-state index in [2.05, 4.69) is 35.4 Å². The van der Waals surface area contributed by atoms with Crippen molar-refractivity contribution in [2.75, 3.05) is 27.7 Å². The molecule has 0 aromatic heterocycles. The molecule has 1 fully saturated rings. The van der Waals surface area contributed by atoms with Gasteiger partial charge in [0, 0.05) is 33.3 Å². The van der Waals surface area contributed by atoms with Crippen LogP contribution in [0.4, 0.5) is 0 Å². The molecule has 1 N–H and O–H groups in total. The highest BCUT2D eigenvalue weighted by Crippen LogP contribution is 2.30. The number of hydrogen-bond donors (Lipinski definition) is 1. The van der Waals surface area contributed by atoms with E-state index in [1.165, 1.54) is 24.0 Å². The molecular formula is C16H26IN3O. The number of aryl methyl sites for hydroxylation is 1. The van der Waals surface area contributed by atoms with E-state index in [0.29, 0.717) is 0 Å². The molecule has 2 rings (SSSR count). The Balaban J connectivity index is 0.00000220. The van der Waals surface area contributed by atoms with Crippen molar-refractivity contribution >= 4 is 29.9 Å². The third kappa shape index (κ3) is 5.73. The van der Waals surface area contributed by atoms with Crippen molar-refractivity contribution in [1.29, 1.82) is 0 Å². The maximum absolute atomic E-state index is 5.97. The Morgan fingerprint density at radius 3 is 2.67 bits per heavy atom. The van der Waals surface area contributed by atoms with Gasteiger partial charge < -0.3 is 15.0 Å². The lowest BCUT2D eigenvalue weighted by Crippen LogP contribution is -2.35.